The fourth-order valence-corrected chi connectivity index (χ4v) is 1.27. The van der Waals surface area contributed by atoms with E-state index in [0.717, 1.165) is 18.5 Å². The van der Waals surface area contributed by atoms with Gasteiger partial charge in [0.15, 0.2) is 0 Å². The summed E-state index contributed by atoms with van der Waals surface area (Å²) in [6.45, 7) is 6.13. The van der Waals surface area contributed by atoms with Crippen molar-refractivity contribution in [1.82, 2.24) is 10.6 Å². The van der Waals surface area contributed by atoms with Gasteiger partial charge < -0.3 is 10.6 Å². The maximum atomic E-state index is 11.1. The van der Waals surface area contributed by atoms with Gasteiger partial charge in [-0.1, -0.05) is 13.8 Å². The minimum atomic E-state index is -0.159. The van der Waals surface area contributed by atoms with E-state index in [-0.39, 0.29) is 11.6 Å². The molecule has 12 heavy (non-hydrogen) atoms. The third-order valence-corrected chi connectivity index (χ3v) is 2.28. The second-order valence-corrected chi connectivity index (χ2v) is 3.37. The third-order valence-electron chi connectivity index (χ3n) is 2.28. The number of carbonyl (C=O) groups is 1. The van der Waals surface area contributed by atoms with Gasteiger partial charge >= 0.3 is 6.03 Å². The van der Waals surface area contributed by atoms with Crippen molar-refractivity contribution < 1.29 is 4.79 Å². The number of amides is 2. The van der Waals surface area contributed by atoms with Gasteiger partial charge in [0.25, 0.3) is 0 Å². The summed E-state index contributed by atoms with van der Waals surface area (Å²) in [5.74, 6) is 0. The summed E-state index contributed by atoms with van der Waals surface area (Å²) in [6.07, 6.45) is 3.89. The number of carbonyl (C=O) groups excluding carboxylic acids is 1. The number of hydrogen-bond donors (Lipinski definition) is 2. The fraction of sp³-hybridized carbons (Fsp3) is 0.667. The molecule has 0 aromatic heterocycles. The Labute approximate surface area is 73.2 Å². The van der Waals surface area contributed by atoms with Crippen molar-refractivity contribution in [3.63, 3.8) is 0 Å². The second kappa shape index (κ2) is 3.17. The van der Waals surface area contributed by atoms with Crippen LogP contribution in [0.4, 0.5) is 4.79 Å². The van der Waals surface area contributed by atoms with E-state index in [1.807, 2.05) is 13.8 Å². The third kappa shape index (κ3) is 1.78. The summed E-state index contributed by atoms with van der Waals surface area (Å²) in [5.41, 5.74) is 0.858. The topological polar surface area (TPSA) is 41.1 Å². The number of allylic oxidation sites excluding steroid dienone is 1. The Bertz CT molecular complexity index is 223. The van der Waals surface area contributed by atoms with Gasteiger partial charge in [-0.25, -0.2) is 4.79 Å². The van der Waals surface area contributed by atoms with Gasteiger partial charge in [0.05, 0.1) is 5.54 Å². The molecule has 0 aromatic rings. The van der Waals surface area contributed by atoms with Crippen molar-refractivity contribution in [2.24, 2.45) is 0 Å². The maximum Gasteiger partial charge on any atom is 0.319 e. The molecule has 1 heterocycles. The van der Waals surface area contributed by atoms with Crippen molar-refractivity contribution in [2.75, 3.05) is 0 Å². The summed E-state index contributed by atoms with van der Waals surface area (Å²) >= 11 is 0. The highest BCUT2D eigenvalue weighted by Gasteiger charge is 2.26. The fourth-order valence-electron chi connectivity index (χ4n) is 1.27. The standard InChI is InChI=1S/C9H16N2O/c1-4-7-6-9(3,5-2)11-8(12)10-7/h6H,4-5H2,1-3H3,(H2,10,11,12). The summed E-state index contributed by atoms with van der Waals surface area (Å²) in [5, 5.41) is 5.65. The van der Waals surface area contributed by atoms with Gasteiger partial charge in [0, 0.05) is 5.70 Å². The predicted molar refractivity (Wildman–Crippen MR) is 48.7 cm³/mol. The average molecular weight is 168 g/mol. The second-order valence-electron chi connectivity index (χ2n) is 3.37. The molecule has 1 unspecified atom stereocenters. The Morgan fingerprint density at radius 3 is 2.67 bits per heavy atom. The zero-order valence-corrected chi connectivity index (χ0v) is 7.90. The summed E-state index contributed by atoms with van der Waals surface area (Å²) < 4.78 is 0. The van der Waals surface area contributed by atoms with Crippen LogP contribution in [-0.4, -0.2) is 11.6 Å². The maximum absolute atomic E-state index is 11.1. The number of urea groups is 1. The molecular weight excluding hydrogens is 152 g/mol. The summed E-state index contributed by atoms with van der Waals surface area (Å²) in [6, 6.07) is -0.0845. The quantitative estimate of drug-likeness (QED) is 0.648. The molecule has 1 aliphatic heterocycles. The van der Waals surface area contributed by atoms with E-state index in [1.54, 1.807) is 0 Å². The van der Waals surface area contributed by atoms with Gasteiger partial charge in [0.2, 0.25) is 0 Å². The molecule has 1 rings (SSSR count). The highest BCUT2D eigenvalue weighted by Crippen LogP contribution is 2.17. The number of nitrogens with one attached hydrogen (secondary N) is 2. The lowest BCUT2D eigenvalue weighted by molar-refractivity contribution is 0.231. The Morgan fingerprint density at radius 1 is 1.50 bits per heavy atom. The molecule has 3 nitrogen and oxygen atoms in total. The lowest BCUT2D eigenvalue weighted by Gasteiger charge is -2.31. The molecule has 0 aliphatic carbocycles. The highest BCUT2D eigenvalue weighted by atomic mass is 16.2. The van der Waals surface area contributed by atoms with Crippen LogP contribution in [0.2, 0.25) is 0 Å². The SMILES string of the molecule is CCC1=CC(C)(CC)NC(=O)N1. The monoisotopic (exact) mass is 168 g/mol. The van der Waals surface area contributed by atoms with Crippen molar-refractivity contribution in [3.05, 3.63) is 11.8 Å². The number of rotatable bonds is 2. The van der Waals surface area contributed by atoms with Gasteiger partial charge in [-0.2, -0.15) is 0 Å². The van der Waals surface area contributed by atoms with E-state index < -0.39 is 0 Å². The molecule has 3 heteroatoms. The summed E-state index contributed by atoms with van der Waals surface area (Å²) in [7, 11) is 0. The first kappa shape index (κ1) is 9.10. The average Bonchev–Trinajstić information content (AvgIpc) is 2.03. The molecule has 0 bridgehead atoms. The molecule has 0 saturated carbocycles. The molecule has 2 N–H and O–H groups in total. The minimum absolute atomic E-state index is 0.0845. The summed E-state index contributed by atoms with van der Waals surface area (Å²) in [4.78, 5) is 11.1. The highest BCUT2D eigenvalue weighted by molar-refractivity contribution is 5.78. The van der Waals surface area contributed by atoms with Gasteiger partial charge in [-0.3, -0.25) is 0 Å². The van der Waals surface area contributed by atoms with Crippen LogP contribution >= 0.6 is 0 Å². The Hall–Kier alpha value is -0.990. The van der Waals surface area contributed by atoms with E-state index in [1.165, 1.54) is 0 Å². The van der Waals surface area contributed by atoms with Crippen LogP contribution in [0.5, 0.6) is 0 Å². The van der Waals surface area contributed by atoms with Crippen LogP contribution in [0.15, 0.2) is 11.8 Å². The predicted octanol–water partition coefficient (Wildman–Crippen LogP) is 1.76. The Morgan fingerprint density at radius 2 is 2.17 bits per heavy atom. The first-order valence-corrected chi connectivity index (χ1v) is 4.40. The number of hydrogen-bond acceptors (Lipinski definition) is 1. The van der Waals surface area contributed by atoms with Crippen molar-refractivity contribution in [2.45, 2.75) is 39.2 Å². The van der Waals surface area contributed by atoms with Crippen LogP contribution in [-0.2, 0) is 0 Å². The van der Waals surface area contributed by atoms with Crippen molar-refractivity contribution in [1.29, 1.82) is 0 Å². The molecule has 1 aliphatic rings. The lowest BCUT2D eigenvalue weighted by atomic mass is 9.95. The minimum Gasteiger partial charge on any atom is -0.329 e. The van der Waals surface area contributed by atoms with Crippen LogP contribution in [0.3, 0.4) is 0 Å². The van der Waals surface area contributed by atoms with Gasteiger partial charge in [-0.05, 0) is 25.8 Å². The first-order valence-electron chi connectivity index (χ1n) is 4.40. The largest absolute Gasteiger partial charge is 0.329 e. The van der Waals surface area contributed by atoms with Crippen molar-refractivity contribution >= 4 is 6.03 Å². The van der Waals surface area contributed by atoms with E-state index >= 15 is 0 Å². The molecule has 2 amide bonds. The molecule has 68 valence electrons. The zero-order chi connectivity index (χ0) is 9.19. The smallest absolute Gasteiger partial charge is 0.319 e. The molecule has 0 fully saturated rings. The van der Waals surface area contributed by atoms with Gasteiger partial charge in [-0.15, -0.1) is 0 Å². The molecular formula is C9H16N2O. The van der Waals surface area contributed by atoms with Gasteiger partial charge in [0.1, 0.15) is 0 Å². The van der Waals surface area contributed by atoms with E-state index in [9.17, 15) is 4.79 Å². The lowest BCUT2D eigenvalue weighted by Crippen LogP contribution is -2.52. The first-order chi connectivity index (χ1) is 5.59. The van der Waals surface area contributed by atoms with Crippen LogP contribution in [0, 0.1) is 0 Å². The zero-order valence-electron chi connectivity index (χ0n) is 7.90. The van der Waals surface area contributed by atoms with E-state index in [4.69, 9.17) is 0 Å². The van der Waals surface area contributed by atoms with Crippen LogP contribution < -0.4 is 10.6 Å². The van der Waals surface area contributed by atoms with Crippen molar-refractivity contribution in [3.8, 4) is 0 Å². The Balaban J connectivity index is 2.84. The molecule has 1 atom stereocenters. The molecule has 0 radical (unpaired) electrons. The molecule has 0 saturated heterocycles. The molecule has 0 spiro atoms. The molecule has 0 aromatic carbocycles. The Kier molecular flexibility index (Phi) is 2.40. The van der Waals surface area contributed by atoms with E-state index in [2.05, 4.69) is 23.6 Å². The van der Waals surface area contributed by atoms with Crippen LogP contribution in [0.25, 0.3) is 0 Å². The normalized spacial score (nSPS) is 28.9. The van der Waals surface area contributed by atoms with E-state index in [0.29, 0.717) is 0 Å². The van der Waals surface area contributed by atoms with Crippen LogP contribution in [0.1, 0.15) is 33.6 Å².